The molecule has 0 saturated carbocycles. The predicted molar refractivity (Wildman–Crippen MR) is 92.8 cm³/mol. The molecule has 1 fully saturated rings. The third kappa shape index (κ3) is 4.62. The molecule has 1 aliphatic rings. The van der Waals surface area contributed by atoms with Crippen molar-refractivity contribution in [2.24, 2.45) is 0 Å². The fourth-order valence-electron chi connectivity index (χ4n) is 2.87. The van der Waals surface area contributed by atoms with Gasteiger partial charge >= 0.3 is 0 Å². The number of anilines is 1. The van der Waals surface area contributed by atoms with Crippen LogP contribution in [0.2, 0.25) is 0 Å². The van der Waals surface area contributed by atoms with Crippen LogP contribution in [0.25, 0.3) is 0 Å². The van der Waals surface area contributed by atoms with Gasteiger partial charge in [0.1, 0.15) is 0 Å². The Labute approximate surface area is 141 Å². The van der Waals surface area contributed by atoms with Crippen LogP contribution in [0.1, 0.15) is 30.6 Å². The predicted octanol–water partition coefficient (Wildman–Crippen LogP) is 3.68. The molecule has 2 aromatic heterocycles. The Balaban J connectivity index is 1.60. The van der Waals surface area contributed by atoms with Crippen LogP contribution in [0.4, 0.5) is 5.69 Å². The Hall–Kier alpha value is -1.72. The van der Waals surface area contributed by atoms with Crippen LogP contribution in [-0.4, -0.2) is 30.1 Å². The summed E-state index contributed by atoms with van der Waals surface area (Å²) < 4.78 is 5.71. The molecule has 1 amide bonds. The topological polar surface area (TPSA) is 42.4 Å². The SMILES string of the molecule is O=C(CCCc1cccs1)N(C[C@@H]1CCCO1)c1ccncc1. The summed E-state index contributed by atoms with van der Waals surface area (Å²) >= 11 is 1.75. The second kappa shape index (κ2) is 8.22. The van der Waals surface area contributed by atoms with Crippen LogP contribution in [0.15, 0.2) is 42.0 Å². The number of carbonyl (C=O) groups excluding carboxylic acids is 1. The van der Waals surface area contributed by atoms with E-state index in [1.165, 1.54) is 4.88 Å². The zero-order chi connectivity index (χ0) is 15.9. The summed E-state index contributed by atoms with van der Waals surface area (Å²) in [6.45, 7) is 1.45. The van der Waals surface area contributed by atoms with Gasteiger partial charge in [-0.2, -0.15) is 0 Å². The molecule has 0 N–H and O–H groups in total. The van der Waals surface area contributed by atoms with Crippen molar-refractivity contribution in [3.63, 3.8) is 0 Å². The number of aromatic nitrogens is 1. The molecule has 4 nitrogen and oxygen atoms in total. The van der Waals surface area contributed by atoms with Gasteiger partial charge in [-0.05, 0) is 49.3 Å². The minimum absolute atomic E-state index is 0.157. The number of nitrogens with zero attached hydrogens (tertiary/aromatic N) is 2. The van der Waals surface area contributed by atoms with E-state index >= 15 is 0 Å². The molecule has 1 saturated heterocycles. The van der Waals surface area contributed by atoms with Crippen molar-refractivity contribution in [3.05, 3.63) is 46.9 Å². The van der Waals surface area contributed by atoms with Crippen molar-refractivity contribution in [1.82, 2.24) is 4.98 Å². The van der Waals surface area contributed by atoms with Gasteiger partial charge in [-0.25, -0.2) is 0 Å². The van der Waals surface area contributed by atoms with Gasteiger partial charge in [0.2, 0.25) is 5.91 Å². The maximum Gasteiger partial charge on any atom is 0.227 e. The van der Waals surface area contributed by atoms with Crippen LogP contribution < -0.4 is 4.90 Å². The van der Waals surface area contributed by atoms with E-state index in [4.69, 9.17) is 4.74 Å². The van der Waals surface area contributed by atoms with Gasteiger partial charge in [0, 0.05) is 36.0 Å². The lowest BCUT2D eigenvalue weighted by Gasteiger charge is -2.25. The van der Waals surface area contributed by atoms with Gasteiger partial charge < -0.3 is 9.64 Å². The normalized spacial score (nSPS) is 17.3. The summed E-state index contributed by atoms with van der Waals surface area (Å²) in [5, 5.41) is 2.08. The summed E-state index contributed by atoms with van der Waals surface area (Å²) in [5.41, 5.74) is 0.914. The Morgan fingerprint density at radius 3 is 2.91 bits per heavy atom. The van der Waals surface area contributed by atoms with Gasteiger partial charge in [0.25, 0.3) is 0 Å². The third-order valence-electron chi connectivity index (χ3n) is 4.08. The number of aryl methyl sites for hydroxylation is 1. The average molecular weight is 330 g/mol. The monoisotopic (exact) mass is 330 g/mol. The van der Waals surface area contributed by atoms with Crippen LogP contribution in [0.3, 0.4) is 0 Å². The van der Waals surface area contributed by atoms with Crippen molar-refractivity contribution in [2.45, 2.75) is 38.2 Å². The number of amides is 1. The molecule has 122 valence electrons. The van der Waals surface area contributed by atoms with Gasteiger partial charge in [-0.1, -0.05) is 6.07 Å². The maximum absolute atomic E-state index is 12.7. The minimum Gasteiger partial charge on any atom is -0.376 e. The molecule has 0 unspecified atom stereocenters. The van der Waals surface area contributed by atoms with Crippen molar-refractivity contribution in [3.8, 4) is 0 Å². The van der Waals surface area contributed by atoms with Crippen LogP contribution >= 0.6 is 11.3 Å². The molecular formula is C18H22N2O2S. The molecule has 0 radical (unpaired) electrons. The van der Waals surface area contributed by atoms with E-state index in [0.717, 1.165) is 38.0 Å². The second-order valence-corrected chi connectivity index (χ2v) is 6.81. The van der Waals surface area contributed by atoms with E-state index in [2.05, 4.69) is 22.5 Å². The maximum atomic E-state index is 12.7. The van der Waals surface area contributed by atoms with E-state index in [0.29, 0.717) is 13.0 Å². The van der Waals surface area contributed by atoms with Crippen LogP contribution in [0.5, 0.6) is 0 Å². The molecule has 1 aliphatic heterocycles. The van der Waals surface area contributed by atoms with E-state index in [1.807, 2.05) is 17.0 Å². The number of hydrogen-bond acceptors (Lipinski definition) is 4. The molecular weight excluding hydrogens is 308 g/mol. The first-order chi connectivity index (χ1) is 11.3. The van der Waals surface area contributed by atoms with Crippen molar-refractivity contribution >= 4 is 22.9 Å². The van der Waals surface area contributed by atoms with E-state index < -0.39 is 0 Å². The summed E-state index contributed by atoms with van der Waals surface area (Å²) in [7, 11) is 0. The average Bonchev–Trinajstić information content (AvgIpc) is 3.27. The zero-order valence-corrected chi connectivity index (χ0v) is 14.0. The summed E-state index contributed by atoms with van der Waals surface area (Å²) in [4.78, 5) is 20.0. The van der Waals surface area contributed by atoms with Crippen molar-refractivity contribution in [2.75, 3.05) is 18.1 Å². The molecule has 23 heavy (non-hydrogen) atoms. The van der Waals surface area contributed by atoms with Crippen molar-refractivity contribution < 1.29 is 9.53 Å². The summed E-state index contributed by atoms with van der Waals surface area (Å²) in [6.07, 6.45) is 8.15. The minimum atomic E-state index is 0.157. The summed E-state index contributed by atoms with van der Waals surface area (Å²) in [5.74, 6) is 0.170. The third-order valence-corrected chi connectivity index (χ3v) is 5.02. The van der Waals surface area contributed by atoms with Gasteiger partial charge in [0.05, 0.1) is 12.6 Å². The van der Waals surface area contributed by atoms with Gasteiger partial charge in [-0.15, -0.1) is 11.3 Å². The Bertz CT molecular complexity index is 595. The van der Waals surface area contributed by atoms with E-state index in [9.17, 15) is 4.79 Å². The standard InChI is InChI=1S/C18H22N2O2S/c21-18(7-1-5-17-6-3-13-23-17)20(14-16-4-2-12-22-16)15-8-10-19-11-9-15/h3,6,8-11,13,16H,1-2,4-5,7,12,14H2/t16-/m0/s1. The van der Waals surface area contributed by atoms with Crippen LogP contribution in [0, 0.1) is 0 Å². The lowest BCUT2D eigenvalue weighted by atomic mass is 10.1. The number of pyridine rings is 1. The molecule has 2 aromatic rings. The number of thiophene rings is 1. The molecule has 3 heterocycles. The first-order valence-electron chi connectivity index (χ1n) is 8.17. The van der Waals surface area contributed by atoms with Crippen molar-refractivity contribution in [1.29, 1.82) is 0 Å². The molecule has 3 rings (SSSR count). The molecule has 5 heteroatoms. The smallest absolute Gasteiger partial charge is 0.227 e. The highest BCUT2D eigenvalue weighted by molar-refractivity contribution is 7.09. The fraction of sp³-hybridized carbons (Fsp3) is 0.444. The van der Waals surface area contributed by atoms with Gasteiger partial charge in [-0.3, -0.25) is 9.78 Å². The lowest BCUT2D eigenvalue weighted by Crippen LogP contribution is -2.37. The molecule has 0 aromatic carbocycles. The summed E-state index contributed by atoms with van der Waals surface area (Å²) in [6, 6.07) is 7.98. The molecule has 0 bridgehead atoms. The lowest BCUT2D eigenvalue weighted by molar-refractivity contribution is -0.119. The Morgan fingerprint density at radius 1 is 1.35 bits per heavy atom. The largest absolute Gasteiger partial charge is 0.376 e. The van der Waals surface area contributed by atoms with E-state index in [1.54, 1.807) is 23.7 Å². The fourth-order valence-corrected chi connectivity index (χ4v) is 3.62. The van der Waals surface area contributed by atoms with Crippen LogP contribution in [-0.2, 0) is 16.0 Å². The number of carbonyl (C=O) groups is 1. The number of ether oxygens (including phenoxy) is 1. The Morgan fingerprint density at radius 2 is 2.22 bits per heavy atom. The van der Waals surface area contributed by atoms with Gasteiger partial charge in [0.15, 0.2) is 0 Å². The highest BCUT2D eigenvalue weighted by Gasteiger charge is 2.23. The highest BCUT2D eigenvalue weighted by atomic mass is 32.1. The molecule has 1 atom stereocenters. The molecule has 0 aliphatic carbocycles. The molecule has 0 spiro atoms. The number of rotatable bonds is 7. The zero-order valence-electron chi connectivity index (χ0n) is 13.2. The highest BCUT2D eigenvalue weighted by Crippen LogP contribution is 2.20. The number of hydrogen-bond donors (Lipinski definition) is 0. The first-order valence-corrected chi connectivity index (χ1v) is 9.05. The quantitative estimate of drug-likeness (QED) is 0.778. The second-order valence-electron chi connectivity index (χ2n) is 5.78. The van der Waals surface area contributed by atoms with E-state index in [-0.39, 0.29) is 12.0 Å². The first kappa shape index (κ1) is 16.1. The Kier molecular flexibility index (Phi) is 5.77.